The van der Waals surface area contributed by atoms with E-state index in [0.717, 1.165) is 12.1 Å². The minimum Gasteiger partial charge on any atom is -0.482 e. The number of para-hydroxylation sites is 1. The second-order valence-corrected chi connectivity index (χ2v) is 4.62. The summed E-state index contributed by atoms with van der Waals surface area (Å²) in [4.78, 5) is 4.49. The molecule has 1 heterocycles. The van der Waals surface area contributed by atoms with E-state index in [2.05, 4.69) is 4.98 Å². The van der Waals surface area contributed by atoms with Gasteiger partial charge in [0.2, 0.25) is 0 Å². The zero-order valence-corrected chi connectivity index (χ0v) is 9.49. The molecule has 0 saturated heterocycles. The number of ether oxygens (including phenoxy) is 1. The van der Waals surface area contributed by atoms with Crippen LogP contribution in [0.5, 0.6) is 5.75 Å². The maximum Gasteiger partial charge on any atom is 0.191 e. The monoisotopic (exact) mass is 261 g/mol. The van der Waals surface area contributed by atoms with E-state index in [1.807, 2.05) is 0 Å². The highest BCUT2D eigenvalue weighted by atomic mass is 35.5. The van der Waals surface area contributed by atoms with Crippen molar-refractivity contribution in [2.75, 3.05) is 0 Å². The molecule has 1 aromatic carbocycles. The molecular weight excluding hydrogens is 256 g/mol. The summed E-state index contributed by atoms with van der Waals surface area (Å²) in [5.74, 6) is -1.83. The van der Waals surface area contributed by atoms with Crippen LogP contribution >= 0.6 is 22.9 Å². The van der Waals surface area contributed by atoms with Crippen LogP contribution in [-0.4, -0.2) is 4.98 Å². The first kappa shape index (κ1) is 11.3. The average molecular weight is 262 g/mol. The van der Waals surface area contributed by atoms with Crippen LogP contribution in [0.1, 0.15) is 4.88 Å². The van der Waals surface area contributed by atoms with Crippen LogP contribution in [0.4, 0.5) is 8.78 Å². The first-order valence-corrected chi connectivity index (χ1v) is 5.53. The summed E-state index contributed by atoms with van der Waals surface area (Å²) >= 11 is 6.81. The van der Waals surface area contributed by atoms with Gasteiger partial charge >= 0.3 is 0 Å². The largest absolute Gasteiger partial charge is 0.482 e. The van der Waals surface area contributed by atoms with Crippen molar-refractivity contribution in [1.82, 2.24) is 4.98 Å². The van der Waals surface area contributed by atoms with Crippen LogP contribution in [0.25, 0.3) is 0 Å². The van der Waals surface area contributed by atoms with E-state index in [1.54, 1.807) is 0 Å². The summed E-state index contributed by atoms with van der Waals surface area (Å²) in [7, 11) is 0. The highest BCUT2D eigenvalue weighted by molar-refractivity contribution is 7.15. The molecule has 6 heteroatoms. The van der Waals surface area contributed by atoms with E-state index in [4.69, 9.17) is 16.3 Å². The van der Waals surface area contributed by atoms with Crippen molar-refractivity contribution in [3.05, 3.63) is 45.4 Å². The normalized spacial score (nSPS) is 10.4. The lowest BCUT2D eigenvalue weighted by molar-refractivity contribution is 0.277. The number of hydrogen-bond acceptors (Lipinski definition) is 3. The Morgan fingerprint density at radius 1 is 1.31 bits per heavy atom. The van der Waals surface area contributed by atoms with Crippen molar-refractivity contribution in [3.63, 3.8) is 0 Å². The molecule has 2 rings (SSSR count). The van der Waals surface area contributed by atoms with E-state index >= 15 is 0 Å². The van der Waals surface area contributed by atoms with Crippen molar-refractivity contribution >= 4 is 22.9 Å². The zero-order chi connectivity index (χ0) is 11.5. The number of thiazole rings is 1. The van der Waals surface area contributed by atoms with Gasteiger partial charge in [0.05, 0.1) is 4.88 Å². The molecule has 16 heavy (non-hydrogen) atoms. The van der Waals surface area contributed by atoms with Crippen LogP contribution in [0.2, 0.25) is 4.47 Å². The summed E-state index contributed by atoms with van der Waals surface area (Å²) < 4.78 is 31.7. The quantitative estimate of drug-likeness (QED) is 0.841. The number of aromatic nitrogens is 1. The van der Waals surface area contributed by atoms with Crippen LogP contribution in [-0.2, 0) is 6.61 Å². The van der Waals surface area contributed by atoms with Crippen LogP contribution in [0, 0.1) is 11.6 Å². The van der Waals surface area contributed by atoms with Gasteiger partial charge in [-0.25, -0.2) is 13.8 Å². The number of halogens is 3. The van der Waals surface area contributed by atoms with Crippen LogP contribution < -0.4 is 4.74 Å². The smallest absolute Gasteiger partial charge is 0.191 e. The number of benzene rings is 1. The van der Waals surface area contributed by atoms with E-state index in [1.165, 1.54) is 23.6 Å². The molecule has 0 radical (unpaired) electrons. The predicted octanol–water partition coefficient (Wildman–Crippen LogP) is 3.65. The molecule has 0 atom stereocenters. The van der Waals surface area contributed by atoms with Gasteiger partial charge in [0.15, 0.2) is 21.9 Å². The van der Waals surface area contributed by atoms with E-state index < -0.39 is 11.6 Å². The second-order valence-electron chi connectivity index (χ2n) is 2.92. The Labute approximate surface area is 99.5 Å². The van der Waals surface area contributed by atoms with Gasteiger partial charge in [0.25, 0.3) is 0 Å². The molecule has 84 valence electrons. The molecule has 0 aliphatic heterocycles. The van der Waals surface area contributed by atoms with Gasteiger partial charge in [-0.1, -0.05) is 17.7 Å². The molecule has 0 unspecified atom stereocenters. The predicted molar refractivity (Wildman–Crippen MR) is 57.8 cm³/mol. The lowest BCUT2D eigenvalue weighted by atomic mass is 10.3. The van der Waals surface area contributed by atoms with Crippen molar-refractivity contribution in [2.45, 2.75) is 6.61 Å². The van der Waals surface area contributed by atoms with Gasteiger partial charge in [-0.15, -0.1) is 11.3 Å². The molecule has 0 fully saturated rings. The van der Waals surface area contributed by atoms with Gasteiger partial charge in [-0.2, -0.15) is 0 Å². The van der Waals surface area contributed by atoms with E-state index in [0.29, 0.717) is 9.34 Å². The number of nitrogens with zero attached hydrogens (tertiary/aromatic N) is 1. The van der Waals surface area contributed by atoms with Crippen LogP contribution in [0.3, 0.4) is 0 Å². The molecule has 0 bridgehead atoms. The SMILES string of the molecule is Fc1cccc(F)c1OCc1cnc(Cl)s1. The molecule has 0 spiro atoms. The summed E-state index contributed by atoms with van der Waals surface area (Å²) in [5, 5.41) is 0. The molecule has 0 aliphatic carbocycles. The van der Waals surface area contributed by atoms with Crippen molar-refractivity contribution in [3.8, 4) is 5.75 Å². The molecule has 2 aromatic rings. The number of hydrogen-bond donors (Lipinski definition) is 0. The van der Waals surface area contributed by atoms with Crippen molar-refractivity contribution in [2.24, 2.45) is 0 Å². The molecule has 1 aromatic heterocycles. The Hall–Kier alpha value is -1.20. The summed E-state index contributed by atoms with van der Waals surface area (Å²) in [5.41, 5.74) is 0. The third-order valence-electron chi connectivity index (χ3n) is 1.80. The lowest BCUT2D eigenvalue weighted by Crippen LogP contribution is -1.98. The highest BCUT2D eigenvalue weighted by Crippen LogP contribution is 2.24. The van der Waals surface area contributed by atoms with Gasteiger partial charge in [0.1, 0.15) is 6.61 Å². The van der Waals surface area contributed by atoms with Crippen LogP contribution in [0.15, 0.2) is 24.4 Å². The molecule has 0 saturated carbocycles. The molecule has 0 amide bonds. The fraction of sp³-hybridized carbons (Fsp3) is 0.100. The molecule has 0 aliphatic rings. The number of rotatable bonds is 3. The van der Waals surface area contributed by atoms with Gasteiger partial charge in [-0.3, -0.25) is 0 Å². The Morgan fingerprint density at radius 2 is 2.00 bits per heavy atom. The van der Waals surface area contributed by atoms with Gasteiger partial charge in [0, 0.05) is 6.20 Å². The minimum absolute atomic E-state index is 0.0439. The maximum absolute atomic E-state index is 13.2. The van der Waals surface area contributed by atoms with Gasteiger partial charge in [-0.05, 0) is 12.1 Å². The summed E-state index contributed by atoms with van der Waals surface area (Å²) in [6.45, 7) is 0.0439. The third-order valence-corrected chi connectivity index (χ3v) is 2.89. The Balaban J connectivity index is 2.10. The van der Waals surface area contributed by atoms with E-state index in [-0.39, 0.29) is 12.4 Å². The van der Waals surface area contributed by atoms with Crippen molar-refractivity contribution < 1.29 is 13.5 Å². The topological polar surface area (TPSA) is 22.1 Å². The Kier molecular flexibility index (Phi) is 3.36. The lowest BCUT2D eigenvalue weighted by Gasteiger charge is -2.05. The molecule has 2 nitrogen and oxygen atoms in total. The second kappa shape index (κ2) is 4.76. The maximum atomic E-state index is 13.2. The third kappa shape index (κ3) is 2.48. The minimum atomic E-state index is -0.726. The highest BCUT2D eigenvalue weighted by Gasteiger charge is 2.10. The Morgan fingerprint density at radius 3 is 2.56 bits per heavy atom. The molecule has 0 N–H and O–H groups in total. The van der Waals surface area contributed by atoms with Gasteiger partial charge < -0.3 is 4.74 Å². The summed E-state index contributed by atoms with van der Waals surface area (Å²) in [6.07, 6.45) is 1.51. The first-order chi connectivity index (χ1) is 7.66. The zero-order valence-electron chi connectivity index (χ0n) is 7.91. The van der Waals surface area contributed by atoms with Crippen molar-refractivity contribution in [1.29, 1.82) is 0 Å². The fourth-order valence-corrected chi connectivity index (χ4v) is 2.01. The fourth-order valence-electron chi connectivity index (χ4n) is 1.11. The van der Waals surface area contributed by atoms with E-state index in [9.17, 15) is 8.78 Å². The molecular formula is C10H6ClF2NOS. The summed E-state index contributed by atoms with van der Waals surface area (Å²) in [6, 6.07) is 3.55. The average Bonchev–Trinajstić information content (AvgIpc) is 2.63. The standard InChI is InChI=1S/C10H6ClF2NOS/c11-10-14-4-6(16-10)5-15-9-7(12)2-1-3-8(9)13/h1-4H,5H2. The Bertz CT molecular complexity index is 483. The first-order valence-electron chi connectivity index (χ1n) is 4.34.